The first-order valence-corrected chi connectivity index (χ1v) is 3.16. The molecule has 0 radical (unpaired) electrons. The van der Waals surface area contributed by atoms with Crippen LogP contribution in [0.3, 0.4) is 0 Å². The van der Waals surface area contributed by atoms with E-state index in [1.165, 1.54) is 6.07 Å². The number of aromatic carboxylic acids is 1. The van der Waals surface area contributed by atoms with Crippen LogP contribution in [0.5, 0.6) is 0 Å². The number of rotatable bonds is 1. The van der Waals surface area contributed by atoms with Crippen LogP contribution in [0.15, 0.2) is 6.07 Å². The topological polar surface area (TPSA) is 105 Å². The zero-order chi connectivity index (χ0) is 9.30. The molecule has 0 amide bonds. The summed E-state index contributed by atoms with van der Waals surface area (Å²) in [7, 11) is 0. The van der Waals surface area contributed by atoms with Crippen LogP contribution in [0.2, 0.25) is 0 Å². The highest BCUT2D eigenvalue weighted by atomic mass is 16.4. The predicted molar refractivity (Wildman–Crippen MR) is 41.2 cm³/mol. The van der Waals surface area contributed by atoms with Gasteiger partial charge in [-0.05, 0) is 13.0 Å². The van der Waals surface area contributed by atoms with Crippen molar-refractivity contribution >= 4 is 11.9 Å². The molecule has 0 aliphatic heterocycles. The fraction of sp³-hybridized carbons (Fsp3) is 0.167. The molecular formula is C6H8N4O2. The Bertz CT molecular complexity index is 310. The maximum Gasteiger partial charge on any atom is 0.354 e. The van der Waals surface area contributed by atoms with Crippen LogP contribution in [0, 0.1) is 12.3 Å². The van der Waals surface area contributed by atoms with Gasteiger partial charge in [0.15, 0.2) is 5.69 Å². The highest BCUT2D eigenvalue weighted by molar-refractivity contribution is 5.91. The van der Waals surface area contributed by atoms with E-state index < -0.39 is 11.9 Å². The number of aromatic nitrogens is 2. The van der Waals surface area contributed by atoms with Gasteiger partial charge < -0.3 is 10.8 Å². The number of hydrogen-bond acceptors (Lipinski definition) is 3. The van der Waals surface area contributed by atoms with Crippen molar-refractivity contribution in [3.8, 4) is 0 Å². The molecule has 12 heavy (non-hydrogen) atoms. The Morgan fingerprint density at radius 3 is 2.75 bits per heavy atom. The Morgan fingerprint density at radius 1 is 1.83 bits per heavy atom. The van der Waals surface area contributed by atoms with E-state index >= 15 is 0 Å². The molecule has 6 nitrogen and oxygen atoms in total. The molecule has 6 heteroatoms. The third-order valence-electron chi connectivity index (χ3n) is 1.28. The fourth-order valence-corrected chi connectivity index (χ4v) is 0.835. The average Bonchev–Trinajstić information content (AvgIpc) is 2.31. The summed E-state index contributed by atoms with van der Waals surface area (Å²) in [6, 6.07) is 1.35. The van der Waals surface area contributed by atoms with Gasteiger partial charge in [0.1, 0.15) is 0 Å². The summed E-state index contributed by atoms with van der Waals surface area (Å²) in [4.78, 5) is 10.5. The number of nitrogens with zero attached hydrogens (tertiary/aromatic N) is 2. The summed E-state index contributed by atoms with van der Waals surface area (Å²) in [5, 5.41) is 19.3. The van der Waals surface area contributed by atoms with Gasteiger partial charge in [-0.15, -0.1) is 0 Å². The van der Waals surface area contributed by atoms with Gasteiger partial charge in [-0.2, -0.15) is 9.78 Å². The van der Waals surface area contributed by atoms with Crippen LogP contribution >= 0.6 is 0 Å². The molecular weight excluding hydrogens is 160 g/mol. The molecule has 0 fully saturated rings. The standard InChI is InChI=1S/C6H8N4O2/c1-3-2-4(5(11)12)10(9-3)6(7)8/h2H,1H3,(H3,7,8)(H,11,12). The van der Waals surface area contributed by atoms with Crippen molar-refractivity contribution in [3.63, 3.8) is 0 Å². The van der Waals surface area contributed by atoms with Crippen molar-refractivity contribution in [3.05, 3.63) is 17.5 Å². The van der Waals surface area contributed by atoms with Gasteiger partial charge >= 0.3 is 5.97 Å². The summed E-state index contributed by atoms with van der Waals surface area (Å²) in [5.74, 6) is -1.55. The molecule has 1 aromatic heterocycles. The molecule has 0 spiro atoms. The molecule has 0 unspecified atom stereocenters. The number of carbonyl (C=O) groups is 1. The highest BCUT2D eigenvalue weighted by Gasteiger charge is 2.13. The molecule has 4 N–H and O–H groups in total. The second kappa shape index (κ2) is 2.65. The summed E-state index contributed by atoms with van der Waals surface area (Å²) >= 11 is 0. The molecule has 1 aromatic rings. The molecule has 0 atom stereocenters. The first-order chi connectivity index (χ1) is 5.52. The third kappa shape index (κ3) is 1.26. The monoisotopic (exact) mass is 168 g/mol. The van der Waals surface area contributed by atoms with Crippen molar-refractivity contribution in [2.24, 2.45) is 5.73 Å². The predicted octanol–water partition coefficient (Wildman–Crippen LogP) is -0.369. The van der Waals surface area contributed by atoms with E-state index in [-0.39, 0.29) is 5.69 Å². The summed E-state index contributed by atoms with van der Waals surface area (Å²) in [5.41, 5.74) is 5.51. The Labute approximate surface area is 68.1 Å². The van der Waals surface area contributed by atoms with Crippen molar-refractivity contribution < 1.29 is 9.90 Å². The first kappa shape index (κ1) is 8.25. The van der Waals surface area contributed by atoms with Crippen LogP contribution in [0.4, 0.5) is 0 Å². The second-order valence-corrected chi connectivity index (χ2v) is 2.27. The van der Waals surface area contributed by atoms with Gasteiger partial charge in [0.2, 0.25) is 5.96 Å². The van der Waals surface area contributed by atoms with Gasteiger partial charge in [-0.3, -0.25) is 5.41 Å². The lowest BCUT2D eigenvalue weighted by Gasteiger charge is -1.98. The van der Waals surface area contributed by atoms with Gasteiger partial charge in [-0.25, -0.2) is 4.79 Å². The molecule has 1 rings (SSSR count). The second-order valence-electron chi connectivity index (χ2n) is 2.27. The lowest BCUT2D eigenvalue weighted by atomic mass is 10.4. The Kier molecular flexibility index (Phi) is 1.82. The number of aryl methyl sites for hydroxylation is 1. The van der Waals surface area contributed by atoms with Crippen molar-refractivity contribution in [1.82, 2.24) is 9.78 Å². The number of nitrogen functional groups attached to an aromatic ring is 1. The van der Waals surface area contributed by atoms with Crippen LogP contribution in [0.25, 0.3) is 0 Å². The summed E-state index contributed by atoms with van der Waals surface area (Å²) in [6.45, 7) is 1.63. The van der Waals surface area contributed by atoms with E-state index in [4.69, 9.17) is 16.2 Å². The minimum absolute atomic E-state index is 0.0972. The van der Waals surface area contributed by atoms with Crippen LogP contribution < -0.4 is 5.73 Å². The van der Waals surface area contributed by atoms with Gasteiger partial charge in [0, 0.05) is 0 Å². The fourth-order valence-electron chi connectivity index (χ4n) is 0.835. The molecule has 0 saturated carbocycles. The lowest BCUT2D eigenvalue weighted by Crippen LogP contribution is -2.25. The van der Waals surface area contributed by atoms with Gasteiger partial charge in [0.25, 0.3) is 0 Å². The number of nitrogens with two attached hydrogens (primary N) is 1. The van der Waals surface area contributed by atoms with E-state index in [0.717, 1.165) is 4.68 Å². The van der Waals surface area contributed by atoms with Crippen LogP contribution in [-0.2, 0) is 0 Å². The molecule has 0 bridgehead atoms. The maximum absolute atomic E-state index is 10.5. The van der Waals surface area contributed by atoms with Gasteiger partial charge in [-0.1, -0.05) is 0 Å². The van der Waals surface area contributed by atoms with Crippen LogP contribution in [-0.4, -0.2) is 26.8 Å². The van der Waals surface area contributed by atoms with Crippen molar-refractivity contribution in [2.45, 2.75) is 6.92 Å². The number of hydrogen-bond donors (Lipinski definition) is 3. The van der Waals surface area contributed by atoms with Crippen LogP contribution in [0.1, 0.15) is 16.2 Å². The van der Waals surface area contributed by atoms with E-state index in [1.54, 1.807) is 6.92 Å². The van der Waals surface area contributed by atoms with Crippen molar-refractivity contribution in [1.29, 1.82) is 5.41 Å². The Morgan fingerprint density at radius 2 is 2.42 bits per heavy atom. The van der Waals surface area contributed by atoms with E-state index in [1.807, 2.05) is 0 Å². The first-order valence-electron chi connectivity index (χ1n) is 3.16. The largest absolute Gasteiger partial charge is 0.477 e. The average molecular weight is 168 g/mol. The van der Waals surface area contributed by atoms with Gasteiger partial charge in [0.05, 0.1) is 5.69 Å². The Hall–Kier alpha value is -1.85. The molecule has 0 aromatic carbocycles. The number of nitrogens with one attached hydrogen (secondary N) is 1. The minimum atomic E-state index is -1.15. The summed E-state index contributed by atoms with van der Waals surface area (Å²) < 4.78 is 0.873. The zero-order valence-electron chi connectivity index (χ0n) is 6.40. The SMILES string of the molecule is Cc1cc(C(=O)O)n(C(=N)N)n1. The maximum atomic E-state index is 10.5. The smallest absolute Gasteiger partial charge is 0.354 e. The number of carboxylic acids is 1. The third-order valence-corrected chi connectivity index (χ3v) is 1.28. The van der Waals surface area contributed by atoms with E-state index in [2.05, 4.69) is 5.10 Å². The molecule has 0 saturated heterocycles. The molecule has 0 aliphatic carbocycles. The quantitative estimate of drug-likeness (QED) is 0.393. The summed E-state index contributed by atoms with van der Waals surface area (Å²) in [6.07, 6.45) is 0. The zero-order valence-corrected chi connectivity index (χ0v) is 6.40. The highest BCUT2D eigenvalue weighted by Crippen LogP contribution is 2.01. The van der Waals surface area contributed by atoms with E-state index in [0.29, 0.717) is 5.69 Å². The van der Waals surface area contributed by atoms with Crippen molar-refractivity contribution in [2.75, 3.05) is 0 Å². The van der Waals surface area contributed by atoms with E-state index in [9.17, 15) is 4.79 Å². The molecule has 1 heterocycles. The molecule has 64 valence electrons. The minimum Gasteiger partial charge on any atom is -0.477 e. The lowest BCUT2D eigenvalue weighted by molar-refractivity contribution is 0.0687. The Balaban J connectivity index is 3.26. The normalized spacial score (nSPS) is 9.75. The molecule has 0 aliphatic rings. The number of carboxylic acid groups (broad SMARTS) is 1.